The molecule has 1 aliphatic heterocycles. The third-order valence-electron chi connectivity index (χ3n) is 3.75. The topological polar surface area (TPSA) is 78.5 Å². The molecule has 22 heavy (non-hydrogen) atoms. The highest BCUT2D eigenvalue weighted by Crippen LogP contribution is 2.28. The molecule has 1 amide bonds. The first kappa shape index (κ1) is 15.3. The average Bonchev–Trinajstić information content (AvgIpc) is 2.93. The summed E-state index contributed by atoms with van der Waals surface area (Å²) < 4.78 is 5.74. The zero-order chi connectivity index (χ0) is 15.9. The van der Waals surface area contributed by atoms with Crippen molar-refractivity contribution in [2.75, 3.05) is 19.7 Å². The van der Waals surface area contributed by atoms with Crippen molar-refractivity contribution in [2.24, 2.45) is 0 Å². The minimum Gasteiger partial charge on any atom is -0.394 e. The van der Waals surface area contributed by atoms with Crippen LogP contribution in [0.3, 0.4) is 0 Å². The number of aromatic amines is 1. The molecule has 0 bridgehead atoms. The van der Waals surface area contributed by atoms with Crippen molar-refractivity contribution in [1.29, 1.82) is 0 Å². The van der Waals surface area contributed by atoms with Gasteiger partial charge in [0.15, 0.2) is 0 Å². The number of nitrogens with one attached hydrogen (secondary N) is 1. The van der Waals surface area contributed by atoms with E-state index in [0.717, 1.165) is 5.39 Å². The third kappa shape index (κ3) is 2.69. The first-order valence-electron chi connectivity index (χ1n) is 7.11. The number of amides is 1. The quantitative estimate of drug-likeness (QED) is 0.883. The summed E-state index contributed by atoms with van der Waals surface area (Å²) in [7, 11) is 0. The molecule has 6 nitrogen and oxygen atoms in total. The van der Waals surface area contributed by atoms with Gasteiger partial charge in [-0.2, -0.15) is 5.10 Å². The van der Waals surface area contributed by atoms with Crippen LogP contribution in [-0.2, 0) is 4.74 Å². The van der Waals surface area contributed by atoms with Crippen molar-refractivity contribution >= 4 is 28.4 Å². The van der Waals surface area contributed by atoms with Crippen LogP contribution in [0.25, 0.3) is 10.9 Å². The smallest absolute Gasteiger partial charge is 0.257 e. The zero-order valence-electron chi connectivity index (χ0n) is 12.5. The number of aromatic nitrogens is 2. The normalized spacial score (nSPS) is 21.3. The van der Waals surface area contributed by atoms with Crippen LogP contribution in [0.2, 0.25) is 5.02 Å². The summed E-state index contributed by atoms with van der Waals surface area (Å²) in [6, 6.07) is 3.51. The Kier molecular flexibility index (Phi) is 3.84. The van der Waals surface area contributed by atoms with Gasteiger partial charge in [0, 0.05) is 18.5 Å². The molecule has 1 unspecified atom stereocenters. The van der Waals surface area contributed by atoms with Gasteiger partial charge in [0.05, 0.1) is 40.6 Å². The number of hydrogen-bond acceptors (Lipinski definition) is 4. The van der Waals surface area contributed by atoms with Crippen LogP contribution < -0.4 is 0 Å². The van der Waals surface area contributed by atoms with Gasteiger partial charge in [-0.3, -0.25) is 9.89 Å². The maximum Gasteiger partial charge on any atom is 0.257 e. The van der Waals surface area contributed by atoms with Gasteiger partial charge in [-0.25, -0.2) is 0 Å². The maximum atomic E-state index is 12.9. The molecule has 1 aromatic heterocycles. The number of carbonyl (C=O) groups excluding carboxylic acids is 1. The van der Waals surface area contributed by atoms with Crippen molar-refractivity contribution in [1.82, 2.24) is 15.1 Å². The molecule has 1 fully saturated rings. The Labute approximate surface area is 133 Å². The van der Waals surface area contributed by atoms with Crippen LogP contribution in [0.4, 0.5) is 0 Å². The molecule has 0 saturated carbocycles. The standard InChI is InChI=1S/C15H18ClN3O3/c1-15(2)8-19(6-10(7-20)22-15)14(21)12-11(16)4-3-9-5-17-18-13(9)12/h3-5,10,20H,6-8H2,1-2H3,(H,17,18). The minimum absolute atomic E-state index is 0.130. The Morgan fingerprint density at radius 1 is 1.59 bits per heavy atom. The van der Waals surface area contributed by atoms with E-state index < -0.39 is 11.7 Å². The number of carbonyl (C=O) groups is 1. The predicted molar refractivity (Wildman–Crippen MR) is 83.0 cm³/mol. The van der Waals surface area contributed by atoms with E-state index in [1.807, 2.05) is 19.9 Å². The summed E-state index contributed by atoms with van der Waals surface area (Å²) in [6.07, 6.45) is 1.26. The average molecular weight is 324 g/mol. The molecule has 7 heteroatoms. The zero-order valence-corrected chi connectivity index (χ0v) is 13.2. The van der Waals surface area contributed by atoms with E-state index in [1.165, 1.54) is 0 Å². The summed E-state index contributed by atoms with van der Waals surface area (Å²) >= 11 is 6.24. The molecule has 0 radical (unpaired) electrons. The third-order valence-corrected chi connectivity index (χ3v) is 4.07. The van der Waals surface area contributed by atoms with Gasteiger partial charge in [0.1, 0.15) is 0 Å². The number of aliphatic hydroxyl groups excluding tert-OH is 1. The number of morpholine rings is 1. The fraction of sp³-hybridized carbons (Fsp3) is 0.467. The van der Waals surface area contributed by atoms with Crippen molar-refractivity contribution < 1.29 is 14.6 Å². The number of rotatable bonds is 2. The largest absolute Gasteiger partial charge is 0.394 e. The van der Waals surface area contributed by atoms with E-state index in [2.05, 4.69) is 10.2 Å². The summed E-state index contributed by atoms with van der Waals surface area (Å²) in [5, 5.41) is 17.4. The lowest BCUT2D eigenvalue weighted by molar-refractivity contribution is -0.139. The number of benzene rings is 1. The predicted octanol–water partition coefficient (Wildman–Crippen LogP) is 1.83. The van der Waals surface area contributed by atoms with Crippen LogP contribution in [0, 0.1) is 0 Å². The lowest BCUT2D eigenvalue weighted by Crippen LogP contribution is -2.55. The Bertz CT molecular complexity index is 713. The van der Waals surface area contributed by atoms with Crippen molar-refractivity contribution in [3.05, 3.63) is 28.9 Å². The first-order valence-corrected chi connectivity index (χ1v) is 7.48. The van der Waals surface area contributed by atoms with Crippen LogP contribution in [-0.4, -0.2) is 57.5 Å². The summed E-state index contributed by atoms with van der Waals surface area (Å²) in [4.78, 5) is 14.6. The number of H-pyrrole nitrogens is 1. The number of fused-ring (bicyclic) bond motifs is 1. The highest BCUT2D eigenvalue weighted by Gasteiger charge is 2.36. The SMILES string of the molecule is CC1(C)CN(C(=O)c2c(Cl)ccc3cn[nH]c23)CC(CO)O1. The molecule has 1 saturated heterocycles. The second-order valence-electron chi connectivity index (χ2n) is 6.12. The molecule has 2 heterocycles. The molecule has 118 valence electrons. The van der Waals surface area contributed by atoms with Gasteiger partial charge in [-0.15, -0.1) is 0 Å². The molecule has 1 aliphatic rings. The Hall–Kier alpha value is -1.63. The van der Waals surface area contributed by atoms with Gasteiger partial charge in [-0.1, -0.05) is 11.6 Å². The maximum absolute atomic E-state index is 12.9. The van der Waals surface area contributed by atoms with E-state index >= 15 is 0 Å². The van der Waals surface area contributed by atoms with E-state index in [9.17, 15) is 9.90 Å². The fourth-order valence-corrected chi connectivity index (χ4v) is 3.14. The number of hydrogen-bond donors (Lipinski definition) is 2. The van der Waals surface area contributed by atoms with Crippen molar-refractivity contribution in [3.8, 4) is 0 Å². The molecular formula is C15H18ClN3O3. The lowest BCUT2D eigenvalue weighted by atomic mass is 10.0. The molecule has 0 spiro atoms. The second kappa shape index (κ2) is 5.53. The Balaban J connectivity index is 1.98. The van der Waals surface area contributed by atoms with Crippen LogP contribution >= 0.6 is 11.6 Å². The van der Waals surface area contributed by atoms with Crippen molar-refractivity contribution in [3.63, 3.8) is 0 Å². The highest BCUT2D eigenvalue weighted by molar-refractivity contribution is 6.35. The number of halogens is 1. The Morgan fingerprint density at radius 2 is 2.36 bits per heavy atom. The summed E-state index contributed by atoms with van der Waals surface area (Å²) in [5.41, 5.74) is 0.517. The van der Waals surface area contributed by atoms with Gasteiger partial charge in [0.2, 0.25) is 0 Å². The van der Waals surface area contributed by atoms with Gasteiger partial charge < -0.3 is 14.7 Å². The molecule has 0 aliphatic carbocycles. The van der Waals surface area contributed by atoms with Crippen LogP contribution in [0.5, 0.6) is 0 Å². The molecule has 1 aromatic carbocycles. The minimum atomic E-state index is -0.518. The molecule has 2 N–H and O–H groups in total. The molecule has 2 aromatic rings. The fourth-order valence-electron chi connectivity index (χ4n) is 2.90. The molecule has 1 atom stereocenters. The van der Waals surface area contributed by atoms with Gasteiger partial charge in [0.25, 0.3) is 5.91 Å². The molecular weight excluding hydrogens is 306 g/mol. The first-order chi connectivity index (χ1) is 10.4. The lowest BCUT2D eigenvalue weighted by Gasteiger charge is -2.42. The number of ether oxygens (including phenoxy) is 1. The number of nitrogens with zero attached hydrogens (tertiary/aromatic N) is 2. The van der Waals surface area contributed by atoms with Crippen LogP contribution in [0.1, 0.15) is 24.2 Å². The van der Waals surface area contributed by atoms with Gasteiger partial charge in [-0.05, 0) is 26.0 Å². The van der Waals surface area contributed by atoms with Crippen LogP contribution in [0.15, 0.2) is 18.3 Å². The van der Waals surface area contributed by atoms with Crippen molar-refractivity contribution in [2.45, 2.75) is 25.6 Å². The highest BCUT2D eigenvalue weighted by atomic mass is 35.5. The number of aliphatic hydroxyl groups is 1. The Morgan fingerprint density at radius 3 is 3.09 bits per heavy atom. The summed E-state index contributed by atoms with van der Waals surface area (Å²) in [5.74, 6) is -0.185. The van der Waals surface area contributed by atoms with E-state index in [-0.39, 0.29) is 12.5 Å². The monoisotopic (exact) mass is 323 g/mol. The van der Waals surface area contributed by atoms with E-state index in [1.54, 1.807) is 17.2 Å². The van der Waals surface area contributed by atoms with E-state index in [0.29, 0.717) is 29.2 Å². The summed E-state index contributed by atoms with van der Waals surface area (Å²) in [6.45, 7) is 4.43. The van der Waals surface area contributed by atoms with Gasteiger partial charge >= 0.3 is 0 Å². The molecule has 3 rings (SSSR count). The van der Waals surface area contributed by atoms with E-state index in [4.69, 9.17) is 16.3 Å². The second-order valence-corrected chi connectivity index (χ2v) is 6.53.